The van der Waals surface area contributed by atoms with Crippen molar-refractivity contribution in [2.45, 2.75) is 25.4 Å². The van der Waals surface area contributed by atoms with Gasteiger partial charge in [0.25, 0.3) is 0 Å². The fraction of sp³-hybridized carbons (Fsp3) is 0.333. The van der Waals surface area contributed by atoms with Gasteiger partial charge in [0.1, 0.15) is 11.5 Å². The van der Waals surface area contributed by atoms with Crippen LogP contribution >= 0.6 is 15.9 Å². The van der Waals surface area contributed by atoms with Crippen LogP contribution in [0, 0.1) is 0 Å². The highest BCUT2D eigenvalue weighted by Gasteiger charge is 2.30. The van der Waals surface area contributed by atoms with Gasteiger partial charge in [-0.2, -0.15) is 4.98 Å². The van der Waals surface area contributed by atoms with E-state index in [2.05, 4.69) is 37.0 Å². The van der Waals surface area contributed by atoms with Crippen LogP contribution in [0.15, 0.2) is 51.5 Å². The maximum absolute atomic E-state index is 5.61. The molecule has 0 radical (unpaired) electrons. The zero-order chi connectivity index (χ0) is 19.5. The van der Waals surface area contributed by atoms with E-state index in [9.17, 15) is 0 Å². The highest BCUT2D eigenvalue weighted by atomic mass is 79.9. The molecule has 1 atom stereocenters. The first-order chi connectivity index (χ1) is 13.7. The molecule has 146 valence electrons. The largest absolute Gasteiger partial charge is 0.497 e. The molecule has 1 saturated heterocycles. The van der Waals surface area contributed by atoms with Crippen LogP contribution in [-0.4, -0.2) is 35.8 Å². The molecule has 28 heavy (non-hydrogen) atoms. The number of rotatable bonds is 6. The van der Waals surface area contributed by atoms with Crippen molar-refractivity contribution in [3.05, 3.63) is 58.4 Å². The van der Waals surface area contributed by atoms with E-state index >= 15 is 0 Å². The Labute approximate surface area is 172 Å². The molecule has 6 nitrogen and oxygen atoms in total. The number of aromatic nitrogens is 2. The smallest absolute Gasteiger partial charge is 0.241 e. The molecule has 7 heteroatoms. The van der Waals surface area contributed by atoms with Crippen LogP contribution in [0.4, 0.5) is 0 Å². The fourth-order valence-corrected chi connectivity index (χ4v) is 4.10. The number of halogens is 1. The second kappa shape index (κ2) is 8.32. The first-order valence-electron chi connectivity index (χ1n) is 9.22. The van der Waals surface area contributed by atoms with Crippen molar-refractivity contribution >= 4 is 15.9 Å². The minimum absolute atomic E-state index is 0.252. The van der Waals surface area contributed by atoms with E-state index in [-0.39, 0.29) is 6.04 Å². The second-order valence-electron chi connectivity index (χ2n) is 6.76. The molecule has 0 amide bonds. The Kier molecular flexibility index (Phi) is 5.64. The Morgan fingerprint density at radius 2 is 2.07 bits per heavy atom. The Bertz CT molecular complexity index is 960. The zero-order valence-electron chi connectivity index (χ0n) is 15.9. The van der Waals surface area contributed by atoms with E-state index in [0.29, 0.717) is 18.3 Å². The summed E-state index contributed by atoms with van der Waals surface area (Å²) in [5.41, 5.74) is 2.09. The molecule has 0 bridgehead atoms. The van der Waals surface area contributed by atoms with E-state index in [0.717, 1.165) is 46.5 Å². The fourth-order valence-electron chi connectivity index (χ4n) is 3.70. The van der Waals surface area contributed by atoms with Crippen LogP contribution < -0.4 is 9.47 Å². The van der Waals surface area contributed by atoms with E-state index in [4.69, 9.17) is 14.0 Å². The molecule has 1 aromatic heterocycles. The number of methoxy groups -OCH3 is 2. The minimum Gasteiger partial charge on any atom is -0.497 e. The number of hydrogen-bond acceptors (Lipinski definition) is 6. The zero-order valence-corrected chi connectivity index (χ0v) is 17.5. The number of ether oxygens (including phenoxy) is 2. The number of benzene rings is 2. The molecular formula is C21H22BrN3O3. The van der Waals surface area contributed by atoms with Gasteiger partial charge in [0, 0.05) is 27.7 Å². The van der Waals surface area contributed by atoms with Gasteiger partial charge in [-0.25, -0.2) is 0 Å². The minimum atomic E-state index is 0.252. The highest BCUT2D eigenvalue weighted by Crippen LogP contribution is 2.39. The molecule has 4 rings (SSSR count). The summed E-state index contributed by atoms with van der Waals surface area (Å²) in [6, 6.07) is 14.1. The van der Waals surface area contributed by atoms with Gasteiger partial charge in [-0.3, -0.25) is 4.90 Å². The topological polar surface area (TPSA) is 60.6 Å². The standard InChI is InChI=1S/C21H22BrN3O3/c1-26-16-8-9-17(19(12-16)27-2)18-7-4-10-25(18)13-20-23-21(24-28-20)14-5-3-6-15(22)11-14/h3,5-6,8-9,11-12,18H,4,7,10,13H2,1-2H3/t18-/m0/s1. The first-order valence-corrected chi connectivity index (χ1v) is 10.0. The van der Waals surface area contributed by atoms with Crippen molar-refractivity contribution in [2.24, 2.45) is 0 Å². The van der Waals surface area contributed by atoms with Crippen LogP contribution in [-0.2, 0) is 6.54 Å². The molecule has 1 aliphatic heterocycles. The van der Waals surface area contributed by atoms with Gasteiger partial charge in [0.05, 0.1) is 20.8 Å². The van der Waals surface area contributed by atoms with Crippen molar-refractivity contribution in [3.8, 4) is 22.9 Å². The molecule has 3 aromatic rings. The Morgan fingerprint density at radius 1 is 1.18 bits per heavy atom. The number of nitrogens with zero attached hydrogens (tertiary/aromatic N) is 3. The van der Waals surface area contributed by atoms with Crippen molar-refractivity contribution in [3.63, 3.8) is 0 Å². The van der Waals surface area contributed by atoms with Crippen LogP contribution in [0.25, 0.3) is 11.4 Å². The normalized spacial score (nSPS) is 17.0. The van der Waals surface area contributed by atoms with Crippen LogP contribution in [0.1, 0.15) is 30.3 Å². The quantitative estimate of drug-likeness (QED) is 0.542. The molecule has 0 unspecified atom stereocenters. The van der Waals surface area contributed by atoms with E-state index < -0.39 is 0 Å². The third-order valence-corrected chi connectivity index (χ3v) is 5.55. The number of likely N-dealkylation sites (tertiary alicyclic amines) is 1. The van der Waals surface area contributed by atoms with Crippen LogP contribution in [0.2, 0.25) is 0 Å². The molecular weight excluding hydrogens is 422 g/mol. The lowest BCUT2D eigenvalue weighted by atomic mass is 10.0. The molecule has 2 aromatic carbocycles. The molecule has 2 heterocycles. The summed E-state index contributed by atoms with van der Waals surface area (Å²) >= 11 is 3.48. The second-order valence-corrected chi connectivity index (χ2v) is 7.67. The van der Waals surface area contributed by atoms with Gasteiger partial charge >= 0.3 is 0 Å². The van der Waals surface area contributed by atoms with Gasteiger partial charge in [-0.15, -0.1) is 0 Å². The molecule has 0 N–H and O–H groups in total. The molecule has 0 aliphatic carbocycles. The summed E-state index contributed by atoms with van der Waals surface area (Å²) in [6.45, 7) is 1.59. The van der Waals surface area contributed by atoms with Gasteiger partial charge in [-0.05, 0) is 37.6 Å². The van der Waals surface area contributed by atoms with Crippen molar-refractivity contribution in [1.82, 2.24) is 15.0 Å². The molecule has 1 fully saturated rings. The Hall–Kier alpha value is -2.38. The van der Waals surface area contributed by atoms with Crippen LogP contribution in [0.3, 0.4) is 0 Å². The Morgan fingerprint density at radius 3 is 2.86 bits per heavy atom. The van der Waals surface area contributed by atoms with Gasteiger partial charge in [-0.1, -0.05) is 39.3 Å². The van der Waals surface area contributed by atoms with E-state index in [1.54, 1.807) is 14.2 Å². The summed E-state index contributed by atoms with van der Waals surface area (Å²) in [7, 11) is 3.36. The summed E-state index contributed by atoms with van der Waals surface area (Å²) in [6.07, 6.45) is 2.18. The lowest BCUT2D eigenvalue weighted by Gasteiger charge is -2.25. The lowest BCUT2D eigenvalue weighted by molar-refractivity contribution is 0.209. The third-order valence-electron chi connectivity index (χ3n) is 5.05. The summed E-state index contributed by atoms with van der Waals surface area (Å²) < 4.78 is 17.4. The van der Waals surface area contributed by atoms with E-state index in [1.807, 2.05) is 36.4 Å². The predicted molar refractivity (Wildman–Crippen MR) is 109 cm³/mol. The van der Waals surface area contributed by atoms with Gasteiger partial charge in [0.15, 0.2) is 0 Å². The predicted octanol–water partition coefficient (Wildman–Crippen LogP) is 4.85. The van der Waals surface area contributed by atoms with Crippen molar-refractivity contribution < 1.29 is 14.0 Å². The van der Waals surface area contributed by atoms with Crippen molar-refractivity contribution in [1.29, 1.82) is 0 Å². The maximum Gasteiger partial charge on any atom is 0.241 e. The average Bonchev–Trinajstić information content (AvgIpc) is 3.37. The first kappa shape index (κ1) is 19.0. The lowest BCUT2D eigenvalue weighted by Crippen LogP contribution is -2.23. The number of hydrogen-bond donors (Lipinski definition) is 0. The maximum atomic E-state index is 5.61. The van der Waals surface area contributed by atoms with Crippen molar-refractivity contribution in [2.75, 3.05) is 20.8 Å². The summed E-state index contributed by atoms with van der Waals surface area (Å²) in [5, 5.41) is 4.15. The molecule has 0 saturated carbocycles. The molecule has 1 aliphatic rings. The SMILES string of the molecule is COc1ccc([C@@H]2CCCN2Cc2nc(-c3cccc(Br)c3)no2)c(OC)c1. The molecule has 0 spiro atoms. The van der Waals surface area contributed by atoms with E-state index in [1.165, 1.54) is 0 Å². The summed E-state index contributed by atoms with van der Waals surface area (Å²) in [5.74, 6) is 2.86. The van der Waals surface area contributed by atoms with Crippen LogP contribution in [0.5, 0.6) is 11.5 Å². The average molecular weight is 444 g/mol. The summed E-state index contributed by atoms with van der Waals surface area (Å²) in [4.78, 5) is 6.96. The highest BCUT2D eigenvalue weighted by molar-refractivity contribution is 9.10. The third kappa shape index (κ3) is 3.91. The Balaban J connectivity index is 1.54. The monoisotopic (exact) mass is 443 g/mol. The van der Waals surface area contributed by atoms with Gasteiger partial charge < -0.3 is 14.0 Å². The van der Waals surface area contributed by atoms with Gasteiger partial charge in [0.2, 0.25) is 11.7 Å².